The molecule has 1 amide bonds. The van der Waals surface area contributed by atoms with E-state index in [-0.39, 0.29) is 31.3 Å². The molecule has 0 spiro atoms. The zero-order chi connectivity index (χ0) is 29.2. The van der Waals surface area contributed by atoms with E-state index in [1.807, 2.05) is 6.92 Å². The first-order valence-corrected chi connectivity index (χ1v) is 12.0. The van der Waals surface area contributed by atoms with Gasteiger partial charge in [-0.15, -0.1) is 11.6 Å². The zero-order valence-corrected chi connectivity index (χ0v) is 21.9. The van der Waals surface area contributed by atoms with Gasteiger partial charge in [-0.3, -0.25) is 14.2 Å². The van der Waals surface area contributed by atoms with Crippen LogP contribution in [0.2, 0.25) is 0 Å². The van der Waals surface area contributed by atoms with Crippen molar-refractivity contribution in [3.63, 3.8) is 0 Å². The van der Waals surface area contributed by atoms with E-state index in [9.17, 15) is 27.6 Å². The lowest BCUT2D eigenvalue weighted by atomic mass is 9.93. The van der Waals surface area contributed by atoms with Crippen LogP contribution in [-0.2, 0) is 25.8 Å². The molecule has 1 aromatic carbocycles. The van der Waals surface area contributed by atoms with Crippen molar-refractivity contribution in [2.45, 2.75) is 44.3 Å². The third kappa shape index (κ3) is 9.05. The molecule has 1 unspecified atom stereocenters. The molecule has 1 atom stereocenters. The van der Waals surface area contributed by atoms with Gasteiger partial charge in [0.1, 0.15) is 13.2 Å². The van der Waals surface area contributed by atoms with Crippen LogP contribution in [0.25, 0.3) is 0 Å². The molecule has 2 aromatic rings. The smallest absolute Gasteiger partial charge is 0.399 e. The summed E-state index contributed by atoms with van der Waals surface area (Å²) in [5.41, 5.74) is 9.82. The molecule has 214 valence electrons. The minimum atomic E-state index is -5.32. The van der Waals surface area contributed by atoms with Gasteiger partial charge in [-0.1, -0.05) is 43.7 Å². The first-order chi connectivity index (χ1) is 18.3. The number of oxime groups is 1. The van der Waals surface area contributed by atoms with Gasteiger partial charge >= 0.3 is 12.1 Å². The number of carbonyl (C=O) groups is 2. The Morgan fingerprint density at radius 1 is 1.21 bits per heavy atom. The summed E-state index contributed by atoms with van der Waals surface area (Å²) < 4.78 is 43.9. The largest absolute Gasteiger partial charge is 0.491 e. The first-order valence-electron chi connectivity index (χ1n) is 11.6. The van der Waals surface area contributed by atoms with Crippen molar-refractivity contribution in [2.75, 3.05) is 25.0 Å². The van der Waals surface area contributed by atoms with E-state index >= 15 is 0 Å². The van der Waals surface area contributed by atoms with Crippen LogP contribution in [0.3, 0.4) is 0 Å². The van der Waals surface area contributed by atoms with Crippen LogP contribution < -0.4 is 32.4 Å². The number of alkyl halides is 4. The molecule has 6 N–H and O–H groups in total. The maximum absolute atomic E-state index is 13.2. The fraction of sp³-hybridized carbons (Fsp3) is 0.435. The van der Waals surface area contributed by atoms with Gasteiger partial charge in [-0.05, 0) is 24.1 Å². The van der Waals surface area contributed by atoms with Crippen molar-refractivity contribution in [1.29, 1.82) is 0 Å². The van der Waals surface area contributed by atoms with Crippen LogP contribution >= 0.6 is 11.6 Å². The molecular weight excluding hydrogens is 547 g/mol. The first kappa shape index (κ1) is 31.2. The molecule has 1 heterocycles. The molecule has 12 nitrogen and oxygen atoms in total. The molecule has 1 aromatic heterocycles. The van der Waals surface area contributed by atoms with Gasteiger partial charge in [-0.2, -0.15) is 18.2 Å². The number of nitrogens with one attached hydrogen (secondary N) is 2. The van der Waals surface area contributed by atoms with Gasteiger partial charge in [-0.25, -0.2) is 4.79 Å². The van der Waals surface area contributed by atoms with Gasteiger partial charge in [0.25, 0.3) is 5.56 Å². The monoisotopic (exact) mass is 575 g/mol. The number of nitrogens with two attached hydrogens (primary N) is 2. The minimum Gasteiger partial charge on any atom is -0.399 e. The number of halogens is 4. The van der Waals surface area contributed by atoms with Crippen LogP contribution in [0.15, 0.2) is 40.3 Å². The summed E-state index contributed by atoms with van der Waals surface area (Å²) >= 11 is 6.87. The number of carbonyl (C=O) groups excluding carboxylic acids is 2. The number of esters is 1. The van der Waals surface area contributed by atoms with Crippen molar-refractivity contribution < 1.29 is 32.3 Å². The summed E-state index contributed by atoms with van der Waals surface area (Å²) in [5.74, 6) is -4.85. The predicted octanol–water partition coefficient (Wildman–Crippen LogP) is 1.69. The van der Waals surface area contributed by atoms with Crippen molar-refractivity contribution >= 4 is 35.3 Å². The Hall–Kier alpha value is -4.01. The van der Waals surface area contributed by atoms with Crippen LogP contribution in [0.1, 0.15) is 31.0 Å². The molecule has 2 rings (SSSR count). The van der Waals surface area contributed by atoms with E-state index in [4.69, 9.17) is 27.9 Å². The molecule has 0 radical (unpaired) electrons. The molecule has 0 fully saturated rings. The molecule has 39 heavy (non-hydrogen) atoms. The van der Waals surface area contributed by atoms with E-state index in [0.29, 0.717) is 12.8 Å². The van der Waals surface area contributed by atoms with Gasteiger partial charge in [0.15, 0.2) is 5.82 Å². The predicted molar refractivity (Wildman–Crippen MR) is 137 cm³/mol. The van der Waals surface area contributed by atoms with Crippen molar-refractivity contribution in [3.8, 4) is 5.88 Å². The number of hydrogen-bond acceptors (Lipinski definition) is 8. The van der Waals surface area contributed by atoms with E-state index in [0.717, 1.165) is 10.1 Å². The summed E-state index contributed by atoms with van der Waals surface area (Å²) in [6.45, 7) is 2.23. The maximum atomic E-state index is 13.2. The van der Waals surface area contributed by atoms with E-state index in [1.54, 1.807) is 30.3 Å². The zero-order valence-electron chi connectivity index (χ0n) is 21.2. The normalized spacial score (nSPS) is 12.7. The number of aromatic nitrogens is 2. The van der Waals surface area contributed by atoms with E-state index < -0.39 is 46.7 Å². The van der Waals surface area contributed by atoms with Crippen molar-refractivity contribution in [1.82, 2.24) is 14.9 Å². The van der Waals surface area contributed by atoms with Gasteiger partial charge in [0.2, 0.25) is 17.7 Å². The van der Waals surface area contributed by atoms with Gasteiger partial charge in [0, 0.05) is 6.54 Å². The highest BCUT2D eigenvalue weighted by atomic mass is 35.5. The maximum Gasteiger partial charge on any atom is 0.491 e. The molecule has 0 aliphatic heterocycles. The Morgan fingerprint density at radius 2 is 1.87 bits per heavy atom. The summed E-state index contributed by atoms with van der Waals surface area (Å²) in [6.07, 6.45) is -4.17. The molecule has 0 saturated heterocycles. The fourth-order valence-corrected chi connectivity index (χ4v) is 3.80. The van der Waals surface area contributed by atoms with Crippen LogP contribution in [0, 0.1) is 6.92 Å². The fourth-order valence-electron chi connectivity index (χ4n) is 3.42. The average Bonchev–Trinajstić information content (AvgIpc) is 2.87. The van der Waals surface area contributed by atoms with Crippen LogP contribution in [0.5, 0.6) is 5.88 Å². The minimum absolute atomic E-state index is 0.0569. The number of guanidine groups is 1. The molecule has 16 heteroatoms. The van der Waals surface area contributed by atoms with E-state index in [1.165, 1.54) is 6.92 Å². The lowest BCUT2D eigenvalue weighted by Gasteiger charge is -2.28. The highest BCUT2D eigenvalue weighted by molar-refractivity contribution is 6.24. The lowest BCUT2D eigenvalue weighted by molar-refractivity contribution is -0.190. The second-order valence-corrected chi connectivity index (χ2v) is 8.99. The topological polar surface area (TPSA) is 176 Å². The second kappa shape index (κ2) is 13.7. The summed E-state index contributed by atoms with van der Waals surface area (Å²) in [7, 11) is 0. The van der Waals surface area contributed by atoms with Crippen LogP contribution in [-0.4, -0.2) is 53.3 Å². The highest BCUT2D eigenvalue weighted by Gasteiger charge is 2.42. The summed E-state index contributed by atoms with van der Waals surface area (Å²) in [6, 6.07) is 8.97. The van der Waals surface area contributed by atoms with Crippen molar-refractivity contribution in [2.24, 2.45) is 16.6 Å². The molecule has 0 saturated carbocycles. The highest BCUT2D eigenvalue weighted by Crippen LogP contribution is 2.34. The van der Waals surface area contributed by atoms with E-state index in [2.05, 4.69) is 25.5 Å². The standard InChI is InChI=1S/C23H29ClF3N7O5/c1-3-9-22(24,15-7-5-4-6-8-15)13-31-17-19(36)34(12-16(35)30-10-11-38-33-21(28)29)14(2)18(32-17)39-20(37)23(25,26)27/h4-8H,3,9-13H2,1-2H3,(H,30,35)(H,31,32)(H4,28,29,33). The van der Waals surface area contributed by atoms with Crippen molar-refractivity contribution in [3.05, 3.63) is 51.9 Å². The third-order valence-corrected chi connectivity index (χ3v) is 5.80. The number of rotatable bonds is 13. The Bertz CT molecular complexity index is 1240. The quantitative estimate of drug-likeness (QED) is 0.0691. The number of nitrogens with zero attached hydrogens (tertiary/aromatic N) is 3. The summed E-state index contributed by atoms with van der Waals surface area (Å²) in [5, 5.41) is 8.47. The number of ether oxygens (including phenoxy) is 1. The number of amides is 1. The molecule has 0 aliphatic carbocycles. The Morgan fingerprint density at radius 3 is 2.46 bits per heavy atom. The second-order valence-electron chi connectivity index (χ2n) is 8.26. The Kier molecular flexibility index (Phi) is 11.0. The molecule has 0 aliphatic rings. The Balaban J connectivity index is 2.37. The summed E-state index contributed by atoms with van der Waals surface area (Å²) in [4.78, 5) is 44.7. The lowest BCUT2D eigenvalue weighted by Crippen LogP contribution is -2.38. The average molecular weight is 576 g/mol. The Labute approximate surface area is 226 Å². The van der Waals surface area contributed by atoms with Gasteiger partial charge in [0.05, 0.1) is 17.1 Å². The number of benzene rings is 1. The number of hydrogen-bond donors (Lipinski definition) is 4. The molecular formula is C23H29ClF3N7O5. The SMILES string of the molecule is CCCC(Cl)(CNc1nc(OC(=O)C(F)(F)F)c(C)n(CC(=O)NCCON=C(N)N)c1=O)c1ccccc1. The number of anilines is 1. The third-order valence-electron chi connectivity index (χ3n) is 5.26. The van der Waals surface area contributed by atoms with Gasteiger partial charge < -0.3 is 31.7 Å². The van der Waals surface area contributed by atoms with Crippen LogP contribution in [0.4, 0.5) is 19.0 Å². The molecule has 0 bridgehead atoms.